The molecule has 1 heterocycles. The van der Waals surface area contributed by atoms with Crippen LogP contribution in [0.4, 0.5) is 0 Å². The number of piperidine rings is 1. The highest BCUT2D eigenvalue weighted by molar-refractivity contribution is 5.01. The Bertz CT molecular complexity index is 205. The summed E-state index contributed by atoms with van der Waals surface area (Å²) in [7, 11) is 0. The van der Waals surface area contributed by atoms with Gasteiger partial charge in [0.2, 0.25) is 0 Å². The molecular formula is C13H29N3. The SMILES string of the molecule is CCNCCN1C(C)(C)CC(N)CC1(C)C. The summed E-state index contributed by atoms with van der Waals surface area (Å²) in [4.78, 5) is 2.62. The lowest BCUT2D eigenvalue weighted by atomic mass is 9.77. The van der Waals surface area contributed by atoms with Crippen LogP contribution in [0.25, 0.3) is 0 Å². The van der Waals surface area contributed by atoms with Crippen LogP contribution in [0.3, 0.4) is 0 Å². The van der Waals surface area contributed by atoms with Crippen molar-refractivity contribution in [1.29, 1.82) is 0 Å². The van der Waals surface area contributed by atoms with Crippen molar-refractivity contribution in [1.82, 2.24) is 10.2 Å². The third-order valence-electron chi connectivity index (χ3n) is 3.75. The molecule has 0 aromatic rings. The summed E-state index contributed by atoms with van der Waals surface area (Å²) in [6, 6.07) is 0.348. The van der Waals surface area contributed by atoms with E-state index in [1.165, 1.54) is 0 Å². The Kier molecular flexibility index (Phi) is 4.38. The van der Waals surface area contributed by atoms with Gasteiger partial charge in [0, 0.05) is 30.2 Å². The minimum absolute atomic E-state index is 0.219. The van der Waals surface area contributed by atoms with Gasteiger partial charge in [-0.25, -0.2) is 0 Å². The van der Waals surface area contributed by atoms with Crippen LogP contribution < -0.4 is 11.1 Å². The predicted molar refractivity (Wildman–Crippen MR) is 70.6 cm³/mol. The summed E-state index contributed by atoms with van der Waals surface area (Å²) in [5, 5.41) is 3.41. The van der Waals surface area contributed by atoms with Crippen LogP contribution in [0, 0.1) is 0 Å². The monoisotopic (exact) mass is 227 g/mol. The molecule has 0 bridgehead atoms. The molecule has 1 fully saturated rings. The van der Waals surface area contributed by atoms with Gasteiger partial charge in [-0.2, -0.15) is 0 Å². The topological polar surface area (TPSA) is 41.3 Å². The Hall–Kier alpha value is -0.120. The third kappa shape index (κ3) is 3.19. The number of rotatable bonds is 4. The number of likely N-dealkylation sites (tertiary alicyclic amines) is 1. The second-order valence-electron chi connectivity index (χ2n) is 6.30. The number of nitrogens with one attached hydrogen (secondary N) is 1. The number of hydrogen-bond donors (Lipinski definition) is 2. The second kappa shape index (κ2) is 5.03. The molecule has 0 amide bonds. The molecule has 0 atom stereocenters. The maximum Gasteiger partial charge on any atom is 0.0173 e. The van der Waals surface area contributed by atoms with Gasteiger partial charge in [0.25, 0.3) is 0 Å². The minimum Gasteiger partial charge on any atom is -0.328 e. The fourth-order valence-corrected chi connectivity index (χ4v) is 3.37. The summed E-state index contributed by atoms with van der Waals surface area (Å²) in [6.07, 6.45) is 2.20. The molecule has 3 nitrogen and oxygen atoms in total. The fraction of sp³-hybridized carbons (Fsp3) is 1.00. The van der Waals surface area contributed by atoms with Crippen molar-refractivity contribution < 1.29 is 0 Å². The van der Waals surface area contributed by atoms with Crippen LogP contribution in [0.1, 0.15) is 47.5 Å². The maximum absolute atomic E-state index is 6.16. The van der Waals surface area contributed by atoms with Crippen LogP contribution in [0.2, 0.25) is 0 Å². The first-order chi connectivity index (χ1) is 7.29. The standard InChI is InChI=1S/C13H29N3/c1-6-15-7-8-16-12(2,3)9-11(14)10-13(16,4)5/h11,15H,6-10,14H2,1-5H3. The van der Waals surface area contributed by atoms with Gasteiger partial charge in [-0.1, -0.05) is 6.92 Å². The normalized spacial score (nSPS) is 25.9. The molecule has 1 aliphatic rings. The average Bonchev–Trinajstić information content (AvgIpc) is 2.07. The van der Waals surface area contributed by atoms with E-state index in [0.717, 1.165) is 32.5 Å². The lowest BCUT2D eigenvalue weighted by molar-refractivity contribution is -0.0332. The predicted octanol–water partition coefficient (Wildman–Crippen LogP) is 1.58. The van der Waals surface area contributed by atoms with E-state index in [0.29, 0.717) is 6.04 Å². The molecule has 0 radical (unpaired) electrons. The minimum atomic E-state index is 0.219. The van der Waals surface area contributed by atoms with E-state index >= 15 is 0 Å². The average molecular weight is 227 g/mol. The van der Waals surface area contributed by atoms with E-state index in [4.69, 9.17) is 5.73 Å². The van der Waals surface area contributed by atoms with Gasteiger partial charge in [0.15, 0.2) is 0 Å². The highest BCUT2D eigenvalue weighted by atomic mass is 15.3. The summed E-state index contributed by atoms with van der Waals surface area (Å²) in [5.41, 5.74) is 6.60. The molecule has 0 unspecified atom stereocenters. The quantitative estimate of drug-likeness (QED) is 0.717. The van der Waals surface area contributed by atoms with Crippen LogP contribution >= 0.6 is 0 Å². The molecule has 0 saturated carbocycles. The summed E-state index contributed by atoms with van der Waals surface area (Å²) < 4.78 is 0. The van der Waals surface area contributed by atoms with E-state index in [-0.39, 0.29) is 11.1 Å². The zero-order valence-corrected chi connectivity index (χ0v) is 11.6. The van der Waals surface area contributed by atoms with Gasteiger partial charge < -0.3 is 11.1 Å². The van der Waals surface area contributed by atoms with Crippen LogP contribution in [0.5, 0.6) is 0 Å². The van der Waals surface area contributed by atoms with Crippen molar-refractivity contribution >= 4 is 0 Å². The third-order valence-corrected chi connectivity index (χ3v) is 3.75. The molecule has 3 N–H and O–H groups in total. The van der Waals surface area contributed by atoms with E-state index in [9.17, 15) is 0 Å². The molecule has 96 valence electrons. The highest BCUT2D eigenvalue weighted by Gasteiger charge is 2.43. The summed E-state index contributed by atoms with van der Waals surface area (Å²) in [6.45, 7) is 14.7. The van der Waals surface area contributed by atoms with E-state index in [1.54, 1.807) is 0 Å². The first-order valence-electron chi connectivity index (χ1n) is 6.53. The molecule has 0 spiro atoms. The Morgan fingerprint density at radius 3 is 2.12 bits per heavy atom. The smallest absolute Gasteiger partial charge is 0.0173 e. The van der Waals surface area contributed by atoms with Crippen molar-refractivity contribution in [2.45, 2.75) is 64.6 Å². The maximum atomic E-state index is 6.16. The molecule has 16 heavy (non-hydrogen) atoms. The first-order valence-corrected chi connectivity index (χ1v) is 6.53. The molecule has 1 aliphatic heterocycles. The Morgan fingerprint density at radius 1 is 1.19 bits per heavy atom. The zero-order chi connectivity index (χ0) is 12.4. The van der Waals surface area contributed by atoms with Crippen molar-refractivity contribution in [3.05, 3.63) is 0 Å². The summed E-state index contributed by atoms with van der Waals surface area (Å²) >= 11 is 0. The van der Waals surface area contributed by atoms with Crippen molar-refractivity contribution in [3.8, 4) is 0 Å². The van der Waals surface area contributed by atoms with Gasteiger partial charge in [0.1, 0.15) is 0 Å². The fourth-order valence-electron chi connectivity index (χ4n) is 3.37. The Balaban J connectivity index is 2.68. The molecule has 1 rings (SSSR count). The number of likely N-dealkylation sites (N-methyl/N-ethyl adjacent to an activating group) is 1. The van der Waals surface area contributed by atoms with Crippen molar-refractivity contribution in [2.24, 2.45) is 5.73 Å². The molecular weight excluding hydrogens is 198 g/mol. The Labute approximate surface area is 101 Å². The molecule has 0 aromatic heterocycles. The number of hydrogen-bond acceptors (Lipinski definition) is 3. The van der Waals surface area contributed by atoms with Gasteiger partial charge in [0.05, 0.1) is 0 Å². The Morgan fingerprint density at radius 2 is 1.69 bits per heavy atom. The van der Waals surface area contributed by atoms with Crippen molar-refractivity contribution in [2.75, 3.05) is 19.6 Å². The lowest BCUT2D eigenvalue weighted by Gasteiger charge is -2.55. The first kappa shape index (κ1) is 13.9. The van der Waals surface area contributed by atoms with Crippen LogP contribution in [-0.2, 0) is 0 Å². The summed E-state index contributed by atoms with van der Waals surface area (Å²) in [5.74, 6) is 0. The van der Waals surface area contributed by atoms with Gasteiger partial charge >= 0.3 is 0 Å². The van der Waals surface area contributed by atoms with Gasteiger partial charge in [-0.15, -0.1) is 0 Å². The second-order valence-corrected chi connectivity index (χ2v) is 6.30. The molecule has 3 heteroatoms. The van der Waals surface area contributed by atoms with E-state index in [1.807, 2.05) is 0 Å². The lowest BCUT2D eigenvalue weighted by Crippen LogP contribution is -2.64. The largest absolute Gasteiger partial charge is 0.328 e. The zero-order valence-electron chi connectivity index (χ0n) is 11.6. The van der Waals surface area contributed by atoms with Gasteiger partial charge in [-0.3, -0.25) is 4.90 Å². The van der Waals surface area contributed by atoms with E-state index in [2.05, 4.69) is 44.8 Å². The molecule has 0 aromatic carbocycles. The van der Waals surface area contributed by atoms with Crippen LogP contribution in [0.15, 0.2) is 0 Å². The number of nitrogens with zero attached hydrogens (tertiary/aromatic N) is 1. The van der Waals surface area contributed by atoms with Crippen molar-refractivity contribution in [3.63, 3.8) is 0 Å². The molecule has 1 saturated heterocycles. The highest BCUT2D eigenvalue weighted by Crippen LogP contribution is 2.37. The molecule has 0 aliphatic carbocycles. The van der Waals surface area contributed by atoms with Gasteiger partial charge in [-0.05, 0) is 47.1 Å². The number of nitrogens with two attached hydrogens (primary N) is 1. The van der Waals surface area contributed by atoms with E-state index < -0.39 is 0 Å². The van der Waals surface area contributed by atoms with Crippen LogP contribution in [-0.4, -0.2) is 41.7 Å².